The van der Waals surface area contributed by atoms with Crippen molar-refractivity contribution >= 4 is 28.6 Å². The van der Waals surface area contributed by atoms with Crippen LogP contribution in [-0.4, -0.2) is 9.97 Å². The van der Waals surface area contributed by atoms with Crippen molar-refractivity contribution in [1.82, 2.24) is 9.97 Å². The van der Waals surface area contributed by atoms with Gasteiger partial charge in [-0.25, -0.2) is 9.97 Å². The molecule has 5 heteroatoms. The third-order valence-electron chi connectivity index (χ3n) is 2.02. The fourth-order valence-corrected chi connectivity index (χ4v) is 2.08. The summed E-state index contributed by atoms with van der Waals surface area (Å²) in [4.78, 5) is 9.34. The Morgan fingerprint density at radius 3 is 3.00 bits per heavy atom. The molecule has 0 atom stereocenters. The maximum atomic E-state index is 5.78. The van der Waals surface area contributed by atoms with Gasteiger partial charge in [0.05, 0.1) is 17.7 Å². The van der Waals surface area contributed by atoms with Gasteiger partial charge in [0, 0.05) is 16.8 Å². The van der Waals surface area contributed by atoms with Gasteiger partial charge in [0.2, 0.25) is 0 Å². The molecule has 0 aliphatic heterocycles. The van der Waals surface area contributed by atoms with E-state index in [0.29, 0.717) is 5.15 Å². The highest BCUT2D eigenvalue weighted by Crippen LogP contribution is 2.16. The van der Waals surface area contributed by atoms with Crippen LogP contribution in [0.1, 0.15) is 10.6 Å². The third kappa shape index (κ3) is 2.67. The van der Waals surface area contributed by atoms with Crippen molar-refractivity contribution in [2.24, 2.45) is 0 Å². The number of thiazole rings is 1. The maximum Gasteiger partial charge on any atom is 0.131 e. The smallest absolute Gasteiger partial charge is 0.131 e. The largest absolute Gasteiger partial charge is 0.380 e. The molecule has 0 aromatic carbocycles. The lowest BCUT2D eigenvalue weighted by atomic mass is 10.3. The standard InChI is InChI=1S/C10H10ClN3S/c1-7-9(15-6-14-7)5-13-8-2-3-12-10(11)4-8/h2-4,6H,5H2,1H3,(H,12,13). The Hall–Kier alpha value is -1.13. The van der Waals surface area contributed by atoms with Crippen LogP contribution in [0.5, 0.6) is 0 Å². The number of nitrogens with one attached hydrogen (secondary N) is 1. The van der Waals surface area contributed by atoms with Gasteiger partial charge in [-0.15, -0.1) is 11.3 Å². The van der Waals surface area contributed by atoms with Crippen molar-refractivity contribution in [3.63, 3.8) is 0 Å². The maximum absolute atomic E-state index is 5.78. The van der Waals surface area contributed by atoms with E-state index in [-0.39, 0.29) is 0 Å². The monoisotopic (exact) mass is 239 g/mol. The van der Waals surface area contributed by atoms with E-state index in [2.05, 4.69) is 15.3 Å². The predicted octanol–water partition coefficient (Wildman–Crippen LogP) is 3.11. The second kappa shape index (κ2) is 4.59. The van der Waals surface area contributed by atoms with Crippen LogP contribution in [0.4, 0.5) is 5.69 Å². The molecule has 0 radical (unpaired) electrons. The van der Waals surface area contributed by atoms with Gasteiger partial charge in [0.1, 0.15) is 5.15 Å². The zero-order valence-corrected chi connectivity index (χ0v) is 9.77. The summed E-state index contributed by atoms with van der Waals surface area (Å²) < 4.78 is 0. The summed E-state index contributed by atoms with van der Waals surface area (Å²) in [7, 11) is 0. The Balaban J connectivity index is 2.02. The van der Waals surface area contributed by atoms with E-state index in [1.54, 1.807) is 23.6 Å². The number of rotatable bonds is 3. The van der Waals surface area contributed by atoms with Crippen molar-refractivity contribution < 1.29 is 0 Å². The molecule has 1 N–H and O–H groups in total. The van der Waals surface area contributed by atoms with Crippen LogP contribution >= 0.6 is 22.9 Å². The molecule has 0 aliphatic carbocycles. The van der Waals surface area contributed by atoms with Gasteiger partial charge in [-0.3, -0.25) is 0 Å². The molecule has 0 amide bonds. The molecule has 0 unspecified atom stereocenters. The highest BCUT2D eigenvalue weighted by molar-refractivity contribution is 7.09. The Morgan fingerprint density at radius 1 is 1.47 bits per heavy atom. The molecule has 2 rings (SSSR count). The van der Waals surface area contributed by atoms with Crippen molar-refractivity contribution in [2.75, 3.05) is 5.32 Å². The van der Waals surface area contributed by atoms with Crippen LogP contribution in [0.25, 0.3) is 0 Å². The number of pyridine rings is 1. The van der Waals surface area contributed by atoms with E-state index in [0.717, 1.165) is 17.9 Å². The number of anilines is 1. The quantitative estimate of drug-likeness (QED) is 0.837. The second-order valence-corrected chi connectivity index (χ2v) is 4.41. The molecule has 78 valence electrons. The molecule has 2 aromatic heterocycles. The number of hydrogen-bond acceptors (Lipinski definition) is 4. The van der Waals surface area contributed by atoms with Crippen molar-refractivity contribution in [2.45, 2.75) is 13.5 Å². The normalized spacial score (nSPS) is 10.3. The van der Waals surface area contributed by atoms with Gasteiger partial charge in [0.25, 0.3) is 0 Å². The summed E-state index contributed by atoms with van der Waals surface area (Å²) in [5, 5.41) is 3.78. The minimum absolute atomic E-state index is 0.501. The number of aryl methyl sites for hydroxylation is 1. The first kappa shape index (κ1) is 10.4. The molecular formula is C10H10ClN3S. The van der Waals surface area contributed by atoms with Crippen LogP contribution in [-0.2, 0) is 6.54 Å². The Kier molecular flexibility index (Phi) is 3.18. The lowest BCUT2D eigenvalue weighted by molar-refractivity contribution is 1.12. The Labute approximate surface area is 97.2 Å². The van der Waals surface area contributed by atoms with E-state index < -0.39 is 0 Å². The second-order valence-electron chi connectivity index (χ2n) is 3.08. The predicted molar refractivity (Wildman–Crippen MR) is 63.4 cm³/mol. The topological polar surface area (TPSA) is 37.8 Å². The van der Waals surface area contributed by atoms with Gasteiger partial charge in [-0.05, 0) is 19.1 Å². The lowest BCUT2D eigenvalue weighted by Crippen LogP contribution is -1.99. The van der Waals surface area contributed by atoms with E-state index in [9.17, 15) is 0 Å². The summed E-state index contributed by atoms with van der Waals surface area (Å²) in [6, 6.07) is 3.69. The minimum Gasteiger partial charge on any atom is -0.380 e. The Bertz CT molecular complexity index is 455. The summed E-state index contributed by atoms with van der Waals surface area (Å²) in [5.74, 6) is 0. The van der Waals surface area contributed by atoms with E-state index in [4.69, 9.17) is 11.6 Å². The van der Waals surface area contributed by atoms with Gasteiger partial charge >= 0.3 is 0 Å². The van der Waals surface area contributed by atoms with Crippen LogP contribution in [0, 0.1) is 6.92 Å². The minimum atomic E-state index is 0.501. The highest BCUT2D eigenvalue weighted by Gasteiger charge is 2.01. The molecule has 0 saturated heterocycles. The third-order valence-corrected chi connectivity index (χ3v) is 3.17. The molecular weight excluding hydrogens is 230 g/mol. The lowest BCUT2D eigenvalue weighted by Gasteiger charge is -2.04. The summed E-state index contributed by atoms with van der Waals surface area (Å²) >= 11 is 7.43. The molecule has 0 saturated carbocycles. The Morgan fingerprint density at radius 2 is 2.33 bits per heavy atom. The molecule has 0 spiro atoms. The fourth-order valence-electron chi connectivity index (χ4n) is 1.19. The number of aromatic nitrogens is 2. The summed E-state index contributed by atoms with van der Waals surface area (Å²) in [6.45, 7) is 2.78. The van der Waals surface area contributed by atoms with E-state index in [1.165, 1.54) is 4.88 Å². The molecule has 0 aliphatic rings. The SMILES string of the molecule is Cc1ncsc1CNc1ccnc(Cl)c1. The van der Waals surface area contributed by atoms with E-state index >= 15 is 0 Å². The average Bonchev–Trinajstić information content (AvgIpc) is 2.61. The average molecular weight is 240 g/mol. The molecule has 0 bridgehead atoms. The van der Waals surface area contributed by atoms with Gasteiger partial charge < -0.3 is 5.32 Å². The van der Waals surface area contributed by atoms with Crippen molar-refractivity contribution in [1.29, 1.82) is 0 Å². The number of hydrogen-bond donors (Lipinski definition) is 1. The van der Waals surface area contributed by atoms with Gasteiger partial charge in [-0.2, -0.15) is 0 Å². The molecule has 2 aromatic rings. The van der Waals surface area contributed by atoms with Crippen LogP contribution in [0.3, 0.4) is 0 Å². The van der Waals surface area contributed by atoms with Gasteiger partial charge in [-0.1, -0.05) is 11.6 Å². The van der Waals surface area contributed by atoms with Crippen molar-refractivity contribution in [3.05, 3.63) is 39.6 Å². The molecule has 15 heavy (non-hydrogen) atoms. The fraction of sp³-hybridized carbons (Fsp3) is 0.200. The summed E-state index contributed by atoms with van der Waals surface area (Å²) in [6.07, 6.45) is 1.68. The van der Waals surface area contributed by atoms with E-state index in [1.807, 2.05) is 18.5 Å². The first-order valence-corrected chi connectivity index (χ1v) is 5.76. The first-order chi connectivity index (χ1) is 7.25. The number of nitrogens with zero attached hydrogens (tertiary/aromatic N) is 2. The first-order valence-electron chi connectivity index (χ1n) is 4.50. The number of halogens is 1. The zero-order valence-electron chi connectivity index (χ0n) is 8.20. The zero-order chi connectivity index (χ0) is 10.7. The van der Waals surface area contributed by atoms with Crippen LogP contribution in [0.15, 0.2) is 23.8 Å². The van der Waals surface area contributed by atoms with Gasteiger partial charge in [0.15, 0.2) is 0 Å². The van der Waals surface area contributed by atoms with Crippen LogP contribution < -0.4 is 5.32 Å². The molecule has 2 heterocycles. The highest BCUT2D eigenvalue weighted by atomic mass is 35.5. The molecule has 3 nitrogen and oxygen atoms in total. The van der Waals surface area contributed by atoms with Crippen LogP contribution in [0.2, 0.25) is 5.15 Å². The molecule has 0 fully saturated rings. The summed E-state index contributed by atoms with van der Waals surface area (Å²) in [5.41, 5.74) is 3.90. The van der Waals surface area contributed by atoms with Crippen molar-refractivity contribution in [3.8, 4) is 0 Å².